The Kier molecular flexibility index (Phi) is 5.37. The second-order valence-corrected chi connectivity index (χ2v) is 8.03. The van der Waals surface area contributed by atoms with Crippen LogP contribution >= 0.6 is 0 Å². The summed E-state index contributed by atoms with van der Waals surface area (Å²) in [4.78, 5) is 33.0. The highest BCUT2D eigenvalue weighted by molar-refractivity contribution is 5.91. The molecule has 1 atom stereocenters. The molecule has 0 aliphatic carbocycles. The molecule has 2 aliphatic heterocycles. The van der Waals surface area contributed by atoms with Gasteiger partial charge in [-0.3, -0.25) is 14.5 Å². The van der Waals surface area contributed by atoms with Gasteiger partial charge in [-0.1, -0.05) is 0 Å². The third kappa shape index (κ3) is 3.78. The number of nitrogens with zero attached hydrogens (tertiary/aromatic N) is 4. The van der Waals surface area contributed by atoms with Gasteiger partial charge >= 0.3 is 0 Å². The Labute approximate surface area is 173 Å². The van der Waals surface area contributed by atoms with Crippen LogP contribution in [0.3, 0.4) is 0 Å². The summed E-state index contributed by atoms with van der Waals surface area (Å²) >= 11 is 0. The highest BCUT2D eigenvalue weighted by Crippen LogP contribution is 2.16. The molecular weight excluding hydrogens is 384 g/mol. The van der Waals surface area contributed by atoms with Crippen molar-refractivity contribution >= 4 is 21.8 Å². The maximum absolute atomic E-state index is 13.1. The van der Waals surface area contributed by atoms with Gasteiger partial charge in [-0.25, -0.2) is 4.98 Å². The first-order chi connectivity index (χ1) is 14.7. The second-order valence-electron chi connectivity index (χ2n) is 8.03. The number of rotatable bonds is 5. The van der Waals surface area contributed by atoms with Crippen molar-refractivity contribution in [3.05, 3.63) is 51.3 Å². The molecular formula is C22H26N4O4. The highest BCUT2D eigenvalue weighted by Gasteiger charge is 2.18. The zero-order chi connectivity index (χ0) is 20.5. The lowest BCUT2D eigenvalue weighted by molar-refractivity contribution is 0.0363. The lowest BCUT2D eigenvalue weighted by Gasteiger charge is -2.26. The Morgan fingerprint density at radius 2 is 1.63 bits per heavy atom. The zero-order valence-electron chi connectivity index (χ0n) is 17.0. The standard InChI is InChI=1S/C22H26N4O4/c27-21-17-14-18-20(4-6-26(22(18)28)15-16-2-1-11-30-16)23-19(17)3-5-25(21)8-7-24-9-12-29-13-10-24/h3-6,14,16H,1-2,7-13,15H2/t16-/m0/s1. The number of hydrogen-bond acceptors (Lipinski definition) is 6. The fourth-order valence-electron chi connectivity index (χ4n) is 4.31. The van der Waals surface area contributed by atoms with Gasteiger partial charge in [0.15, 0.2) is 0 Å². The van der Waals surface area contributed by atoms with Crippen LogP contribution in [0.5, 0.6) is 0 Å². The van der Waals surface area contributed by atoms with E-state index < -0.39 is 0 Å². The van der Waals surface area contributed by atoms with Gasteiger partial charge in [0, 0.05) is 45.2 Å². The van der Waals surface area contributed by atoms with Crippen molar-refractivity contribution in [2.24, 2.45) is 0 Å². The zero-order valence-corrected chi connectivity index (χ0v) is 17.0. The van der Waals surface area contributed by atoms with E-state index in [-0.39, 0.29) is 17.2 Å². The van der Waals surface area contributed by atoms with Crippen LogP contribution in [0.15, 0.2) is 40.2 Å². The van der Waals surface area contributed by atoms with Gasteiger partial charge < -0.3 is 18.6 Å². The molecule has 158 valence electrons. The maximum Gasteiger partial charge on any atom is 0.260 e. The van der Waals surface area contributed by atoms with Crippen LogP contribution in [0.1, 0.15) is 12.8 Å². The Morgan fingerprint density at radius 3 is 2.33 bits per heavy atom. The average molecular weight is 410 g/mol. The van der Waals surface area contributed by atoms with E-state index in [1.54, 1.807) is 27.6 Å². The highest BCUT2D eigenvalue weighted by atomic mass is 16.5. The quantitative estimate of drug-likeness (QED) is 0.589. The largest absolute Gasteiger partial charge is 0.379 e. The average Bonchev–Trinajstić information content (AvgIpc) is 3.29. The number of hydrogen-bond donors (Lipinski definition) is 0. The molecule has 3 aromatic heterocycles. The molecule has 0 radical (unpaired) electrons. The lowest BCUT2D eigenvalue weighted by atomic mass is 10.2. The molecule has 0 unspecified atom stereocenters. The Balaban J connectivity index is 1.47. The second kappa shape index (κ2) is 8.29. The Hall–Kier alpha value is -2.55. The molecule has 0 amide bonds. The topological polar surface area (TPSA) is 78.6 Å². The van der Waals surface area contributed by atoms with Crippen LogP contribution in [-0.2, 0) is 22.6 Å². The van der Waals surface area contributed by atoms with Crippen molar-refractivity contribution in [1.82, 2.24) is 19.0 Å². The van der Waals surface area contributed by atoms with Crippen LogP contribution in [0.4, 0.5) is 0 Å². The molecule has 2 aliphatic rings. The van der Waals surface area contributed by atoms with Crippen LogP contribution in [0, 0.1) is 0 Å². The Morgan fingerprint density at radius 1 is 0.933 bits per heavy atom. The summed E-state index contributed by atoms with van der Waals surface area (Å²) in [5, 5.41) is 0.963. The molecule has 2 fully saturated rings. The van der Waals surface area contributed by atoms with E-state index in [0.29, 0.717) is 34.9 Å². The van der Waals surface area contributed by atoms with Gasteiger partial charge in [0.1, 0.15) is 0 Å². The van der Waals surface area contributed by atoms with Crippen molar-refractivity contribution in [3.63, 3.8) is 0 Å². The molecule has 0 aromatic carbocycles. The molecule has 5 heterocycles. The van der Waals surface area contributed by atoms with E-state index in [0.717, 1.165) is 52.3 Å². The molecule has 30 heavy (non-hydrogen) atoms. The predicted molar refractivity (Wildman–Crippen MR) is 114 cm³/mol. The normalized spacial score (nSPS) is 20.3. The van der Waals surface area contributed by atoms with Gasteiger partial charge in [-0.05, 0) is 31.0 Å². The number of aromatic nitrogens is 3. The molecule has 2 saturated heterocycles. The number of fused-ring (bicyclic) bond motifs is 2. The third-order valence-corrected chi connectivity index (χ3v) is 6.07. The fourth-order valence-corrected chi connectivity index (χ4v) is 4.31. The summed E-state index contributed by atoms with van der Waals surface area (Å²) in [5.41, 5.74) is 0.998. The number of morpholine rings is 1. The Bertz CT molecular complexity index is 1170. The SMILES string of the molecule is O=c1c2cc3c(=O)n(C[C@@H]4CCCO4)ccc3nc2ccn1CCN1CCOCC1. The molecule has 0 spiro atoms. The number of pyridine rings is 3. The first kappa shape index (κ1) is 19.4. The van der Waals surface area contributed by atoms with Gasteiger partial charge in [-0.15, -0.1) is 0 Å². The molecule has 3 aromatic rings. The predicted octanol–water partition coefficient (Wildman–Crippen LogP) is 1.22. The molecule has 8 heteroatoms. The lowest BCUT2D eigenvalue weighted by Crippen LogP contribution is -2.39. The molecule has 0 N–H and O–H groups in total. The van der Waals surface area contributed by atoms with E-state index in [4.69, 9.17) is 9.47 Å². The summed E-state index contributed by atoms with van der Waals surface area (Å²) in [6, 6.07) is 5.40. The number of ether oxygens (including phenoxy) is 2. The van der Waals surface area contributed by atoms with Crippen LogP contribution in [-0.4, -0.2) is 64.6 Å². The summed E-state index contributed by atoms with van der Waals surface area (Å²) < 4.78 is 14.4. The smallest absolute Gasteiger partial charge is 0.260 e. The summed E-state index contributed by atoms with van der Waals surface area (Å²) in [7, 11) is 0. The van der Waals surface area contributed by atoms with Crippen molar-refractivity contribution in [2.45, 2.75) is 32.0 Å². The molecule has 0 saturated carbocycles. The van der Waals surface area contributed by atoms with Gasteiger partial charge in [0.2, 0.25) is 0 Å². The third-order valence-electron chi connectivity index (χ3n) is 6.07. The van der Waals surface area contributed by atoms with Gasteiger partial charge in [0.25, 0.3) is 11.1 Å². The van der Waals surface area contributed by atoms with Crippen LogP contribution < -0.4 is 11.1 Å². The summed E-state index contributed by atoms with van der Waals surface area (Å²) in [6.07, 6.45) is 5.64. The minimum Gasteiger partial charge on any atom is -0.379 e. The van der Waals surface area contributed by atoms with E-state index in [9.17, 15) is 9.59 Å². The van der Waals surface area contributed by atoms with E-state index in [2.05, 4.69) is 9.88 Å². The summed E-state index contributed by atoms with van der Waals surface area (Å²) in [5.74, 6) is 0. The van der Waals surface area contributed by atoms with Crippen molar-refractivity contribution in [2.75, 3.05) is 39.5 Å². The minimum absolute atomic E-state index is 0.0750. The van der Waals surface area contributed by atoms with E-state index in [1.165, 1.54) is 0 Å². The van der Waals surface area contributed by atoms with Crippen molar-refractivity contribution in [1.29, 1.82) is 0 Å². The minimum atomic E-state index is -0.125. The van der Waals surface area contributed by atoms with Crippen molar-refractivity contribution < 1.29 is 9.47 Å². The summed E-state index contributed by atoms with van der Waals surface area (Å²) in [6.45, 7) is 5.93. The monoisotopic (exact) mass is 410 g/mol. The van der Waals surface area contributed by atoms with E-state index >= 15 is 0 Å². The van der Waals surface area contributed by atoms with Crippen molar-refractivity contribution in [3.8, 4) is 0 Å². The fraction of sp³-hybridized carbons (Fsp3) is 0.500. The molecule has 5 rings (SSSR count). The van der Waals surface area contributed by atoms with E-state index in [1.807, 2.05) is 12.1 Å². The first-order valence-corrected chi connectivity index (χ1v) is 10.6. The van der Waals surface area contributed by atoms with Gasteiger partial charge in [0.05, 0.1) is 47.7 Å². The molecule has 8 nitrogen and oxygen atoms in total. The van der Waals surface area contributed by atoms with Gasteiger partial charge in [-0.2, -0.15) is 0 Å². The molecule has 0 bridgehead atoms. The van der Waals surface area contributed by atoms with Crippen LogP contribution in [0.25, 0.3) is 21.8 Å². The first-order valence-electron chi connectivity index (χ1n) is 10.6. The maximum atomic E-state index is 13.1. The van der Waals surface area contributed by atoms with Crippen LogP contribution in [0.2, 0.25) is 0 Å².